The summed E-state index contributed by atoms with van der Waals surface area (Å²) in [5, 5.41) is 14.1. The van der Waals surface area contributed by atoms with E-state index < -0.39 is 4.92 Å². The average molecular weight is 244 g/mol. The van der Waals surface area contributed by atoms with E-state index in [9.17, 15) is 14.9 Å². The highest BCUT2D eigenvalue weighted by molar-refractivity contribution is 5.77. The second kappa shape index (κ2) is 6.68. The Morgan fingerprint density at radius 2 is 2.33 bits per heavy atom. The second-order valence-corrected chi connectivity index (χ2v) is 3.16. The second-order valence-electron chi connectivity index (χ2n) is 3.16. The van der Waals surface area contributed by atoms with E-state index in [1.54, 1.807) is 0 Å². The Morgan fingerprint density at radius 1 is 1.56 bits per heavy atom. The van der Waals surface area contributed by atoms with Crippen LogP contribution in [-0.2, 0) is 0 Å². The molecule has 0 atom stereocenters. The Kier molecular flexibility index (Phi) is 4.91. The van der Waals surface area contributed by atoms with Crippen LogP contribution in [0.25, 0.3) is 10.4 Å². The van der Waals surface area contributed by atoms with E-state index in [0.29, 0.717) is 12.7 Å². The number of aldehydes is 1. The summed E-state index contributed by atoms with van der Waals surface area (Å²) in [6.45, 7) is 0.212. The maximum atomic E-state index is 10.8. The molecule has 0 aliphatic carbocycles. The fourth-order valence-electron chi connectivity index (χ4n) is 1.19. The molecule has 0 aliphatic heterocycles. The minimum Gasteiger partial charge on any atom is -0.298 e. The van der Waals surface area contributed by atoms with Crippen molar-refractivity contribution in [2.45, 2.75) is 6.42 Å². The van der Waals surface area contributed by atoms with Crippen LogP contribution in [0.1, 0.15) is 22.3 Å². The molecule has 0 heterocycles. The van der Waals surface area contributed by atoms with Gasteiger partial charge in [0.2, 0.25) is 0 Å². The smallest absolute Gasteiger partial charge is 0.285 e. The van der Waals surface area contributed by atoms with E-state index in [-0.39, 0.29) is 23.4 Å². The zero-order chi connectivity index (χ0) is 13.4. The van der Waals surface area contributed by atoms with E-state index >= 15 is 0 Å². The Labute approximate surface area is 102 Å². The van der Waals surface area contributed by atoms with Gasteiger partial charge in [0, 0.05) is 29.5 Å². The lowest BCUT2D eigenvalue weighted by Gasteiger charge is -1.96. The Bertz CT molecular complexity index is 580. The van der Waals surface area contributed by atoms with Crippen molar-refractivity contribution in [2.75, 3.05) is 6.54 Å². The molecule has 0 saturated carbocycles. The van der Waals surface area contributed by atoms with Crippen molar-refractivity contribution in [3.63, 3.8) is 0 Å². The van der Waals surface area contributed by atoms with Crippen molar-refractivity contribution in [1.82, 2.24) is 0 Å². The molecule has 0 radical (unpaired) electrons. The maximum Gasteiger partial charge on any atom is 0.285 e. The largest absolute Gasteiger partial charge is 0.298 e. The molecule has 90 valence electrons. The van der Waals surface area contributed by atoms with Crippen molar-refractivity contribution in [3.8, 4) is 11.8 Å². The van der Waals surface area contributed by atoms with Crippen molar-refractivity contribution in [2.24, 2.45) is 5.11 Å². The van der Waals surface area contributed by atoms with Crippen LogP contribution in [-0.4, -0.2) is 17.8 Å². The number of nitrogens with zero attached hydrogens (tertiary/aromatic N) is 4. The van der Waals surface area contributed by atoms with Gasteiger partial charge < -0.3 is 0 Å². The Balaban J connectivity index is 2.97. The number of benzene rings is 1. The normalized spacial score (nSPS) is 8.67. The average Bonchev–Trinajstić information content (AvgIpc) is 2.38. The summed E-state index contributed by atoms with van der Waals surface area (Å²) in [4.78, 5) is 23.3. The maximum absolute atomic E-state index is 10.8. The third-order valence-electron chi connectivity index (χ3n) is 1.98. The standard InChI is InChI=1S/C11H8N4O3/c12-14-13-6-2-1-3-10-5-4-9(8-16)7-11(10)15(17)18/h4-5,7-8H,2,6H2. The van der Waals surface area contributed by atoms with Crippen LogP contribution in [0.3, 0.4) is 0 Å². The zero-order valence-electron chi connectivity index (χ0n) is 9.24. The number of carbonyl (C=O) groups excluding carboxylic acids is 1. The van der Waals surface area contributed by atoms with Gasteiger partial charge in [-0.15, -0.1) is 0 Å². The van der Waals surface area contributed by atoms with Crippen LogP contribution < -0.4 is 0 Å². The topological polar surface area (TPSA) is 109 Å². The number of hydrogen-bond acceptors (Lipinski definition) is 4. The molecule has 1 rings (SSSR count). The van der Waals surface area contributed by atoms with E-state index in [2.05, 4.69) is 21.9 Å². The highest BCUT2D eigenvalue weighted by Gasteiger charge is 2.12. The van der Waals surface area contributed by atoms with Gasteiger partial charge in [-0.2, -0.15) is 0 Å². The van der Waals surface area contributed by atoms with E-state index in [0.717, 1.165) is 0 Å². The molecule has 0 bridgehead atoms. The van der Waals surface area contributed by atoms with Gasteiger partial charge in [-0.25, -0.2) is 0 Å². The van der Waals surface area contributed by atoms with E-state index in [1.807, 2.05) is 0 Å². The number of nitro groups is 1. The molecule has 1 aromatic carbocycles. The molecular weight excluding hydrogens is 236 g/mol. The van der Waals surface area contributed by atoms with E-state index in [1.165, 1.54) is 18.2 Å². The molecule has 0 amide bonds. The predicted octanol–water partition coefficient (Wildman–Crippen LogP) is 2.46. The van der Waals surface area contributed by atoms with E-state index in [4.69, 9.17) is 5.53 Å². The summed E-state index contributed by atoms with van der Waals surface area (Å²) in [5.74, 6) is 5.28. The minimum absolute atomic E-state index is 0.212. The molecular formula is C11H8N4O3. The summed E-state index contributed by atoms with van der Waals surface area (Å²) in [6.07, 6.45) is 0.850. The fourth-order valence-corrected chi connectivity index (χ4v) is 1.19. The molecule has 7 nitrogen and oxygen atoms in total. The molecule has 0 aliphatic rings. The Morgan fingerprint density at radius 3 is 2.94 bits per heavy atom. The number of azide groups is 1. The minimum atomic E-state index is -0.593. The summed E-state index contributed by atoms with van der Waals surface area (Å²) in [7, 11) is 0. The van der Waals surface area contributed by atoms with Crippen molar-refractivity contribution >= 4 is 12.0 Å². The van der Waals surface area contributed by atoms with Crippen molar-refractivity contribution < 1.29 is 9.72 Å². The first-order valence-corrected chi connectivity index (χ1v) is 4.92. The lowest BCUT2D eigenvalue weighted by atomic mass is 10.1. The summed E-state index contributed by atoms with van der Waals surface area (Å²) < 4.78 is 0. The molecule has 7 heteroatoms. The van der Waals surface area contributed by atoms with Gasteiger partial charge in [0.1, 0.15) is 11.8 Å². The van der Waals surface area contributed by atoms with Crippen LogP contribution in [0, 0.1) is 22.0 Å². The number of nitro benzene ring substituents is 1. The first-order chi connectivity index (χ1) is 8.69. The third-order valence-corrected chi connectivity index (χ3v) is 1.98. The molecule has 0 fully saturated rings. The third kappa shape index (κ3) is 3.63. The summed E-state index contributed by atoms with van der Waals surface area (Å²) >= 11 is 0. The predicted molar refractivity (Wildman–Crippen MR) is 64.0 cm³/mol. The first kappa shape index (κ1) is 13.2. The van der Waals surface area contributed by atoms with Gasteiger partial charge in [0.05, 0.1) is 4.92 Å². The van der Waals surface area contributed by atoms with Gasteiger partial charge in [-0.05, 0) is 17.7 Å². The lowest BCUT2D eigenvalue weighted by Crippen LogP contribution is -1.94. The monoisotopic (exact) mass is 244 g/mol. The Hall–Kier alpha value is -2.84. The van der Waals surface area contributed by atoms with Crippen LogP contribution in [0.2, 0.25) is 0 Å². The van der Waals surface area contributed by atoms with Crippen LogP contribution in [0.4, 0.5) is 5.69 Å². The van der Waals surface area contributed by atoms with Gasteiger partial charge in [-0.3, -0.25) is 14.9 Å². The number of hydrogen-bond donors (Lipinski definition) is 0. The van der Waals surface area contributed by atoms with Crippen LogP contribution >= 0.6 is 0 Å². The number of carbonyl (C=O) groups is 1. The molecule has 0 unspecified atom stereocenters. The molecule has 0 saturated heterocycles. The van der Waals surface area contributed by atoms with Crippen molar-refractivity contribution in [1.29, 1.82) is 0 Å². The molecule has 18 heavy (non-hydrogen) atoms. The van der Waals surface area contributed by atoms with Crippen LogP contribution in [0.5, 0.6) is 0 Å². The first-order valence-electron chi connectivity index (χ1n) is 4.92. The zero-order valence-corrected chi connectivity index (χ0v) is 9.24. The molecule has 0 spiro atoms. The molecule has 0 N–H and O–H groups in total. The van der Waals surface area contributed by atoms with Gasteiger partial charge in [-0.1, -0.05) is 17.0 Å². The van der Waals surface area contributed by atoms with Gasteiger partial charge >= 0.3 is 0 Å². The SMILES string of the molecule is [N-]=[N+]=NCCC#Cc1ccc(C=O)cc1[N+](=O)[O-]. The molecule has 1 aromatic rings. The lowest BCUT2D eigenvalue weighted by molar-refractivity contribution is -0.385. The molecule has 0 aromatic heterocycles. The van der Waals surface area contributed by atoms with Crippen LogP contribution in [0.15, 0.2) is 23.3 Å². The summed E-state index contributed by atoms with van der Waals surface area (Å²) in [6, 6.07) is 4.05. The van der Waals surface area contributed by atoms with Gasteiger partial charge in [0.15, 0.2) is 0 Å². The summed E-state index contributed by atoms with van der Waals surface area (Å²) in [5.41, 5.74) is 8.28. The number of rotatable bonds is 4. The van der Waals surface area contributed by atoms with Crippen molar-refractivity contribution in [3.05, 3.63) is 49.9 Å². The fraction of sp³-hybridized carbons (Fsp3) is 0.182. The highest BCUT2D eigenvalue weighted by Crippen LogP contribution is 2.18. The highest BCUT2D eigenvalue weighted by atomic mass is 16.6. The van der Waals surface area contributed by atoms with Gasteiger partial charge in [0.25, 0.3) is 5.69 Å². The quantitative estimate of drug-likeness (QED) is 0.118.